The number of hydrogen-bond donors (Lipinski definition) is 2. The number of rotatable bonds is 5. The molecule has 0 spiro atoms. The molecule has 1 atom stereocenters. The van der Waals surface area contributed by atoms with Crippen molar-refractivity contribution < 1.29 is 13.6 Å². The number of benzene rings is 1. The van der Waals surface area contributed by atoms with Gasteiger partial charge in [-0.15, -0.1) is 0 Å². The number of urea groups is 1. The molecule has 25 heavy (non-hydrogen) atoms. The van der Waals surface area contributed by atoms with Crippen molar-refractivity contribution in [3.05, 3.63) is 47.2 Å². The first-order valence-corrected chi connectivity index (χ1v) is 8.45. The number of hydrogen-bond acceptors (Lipinski definition) is 2. The van der Waals surface area contributed by atoms with Crippen molar-refractivity contribution in [2.45, 2.75) is 51.6 Å². The number of aromatic nitrogens is 2. The Morgan fingerprint density at radius 1 is 1.36 bits per heavy atom. The summed E-state index contributed by atoms with van der Waals surface area (Å²) in [7, 11) is 0. The first-order valence-electron chi connectivity index (χ1n) is 8.45. The van der Waals surface area contributed by atoms with E-state index in [1.807, 2.05) is 20.8 Å². The SMILES string of the molecule is CC[C@H](C)n1nc(C)cc1NC(=O)NC1(c2cc(F)ccc2F)CC1. The van der Waals surface area contributed by atoms with Gasteiger partial charge in [0.15, 0.2) is 0 Å². The van der Waals surface area contributed by atoms with E-state index in [2.05, 4.69) is 15.7 Å². The van der Waals surface area contributed by atoms with Crippen LogP contribution in [0.4, 0.5) is 19.4 Å². The highest BCUT2D eigenvalue weighted by atomic mass is 19.1. The van der Waals surface area contributed by atoms with Crippen molar-refractivity contribution in [2.75, 3.05) is 5.32 Å². The number of amides is 2. The second-order valence-corrected chi connectivity index (χ2v) is 6.66. The van der Waals surface area contributed by atoms with Crippen LogP contribution in [-0.2, 0) is 5.54 Å². The van der Waals surface area contributed by atoms with Gasteiger partial charge in [0.1, 0.15) is 17.5 Å². The highest BCUT2D eigenvalue weighted by Gasteiger charge is 2.47. The molecule has 1 fully saturated rings. The van der Waals surface area contributed by atoms with E-state index in [-0.39, 0.29) is 11.6 Å². The van der Waals surface area contributed by atoms with E-state index in [0.717, 1.165) is 30.3 Å². The van der Waals surface area contributed by atoms with Gasteiger partial charge in [-0.05, 0) is 51.3 Å². The predicted molar refractivity (Wildman–Crippen MR) is 91.4 cm³/mol. The molecule has 2 amide bonds. The molecule has 1 aromatic carbocycles. The van der Waals surface area contributed by atoms with Crippen LogP contribution in [0.25, 0.3) is 0 Å². The maximum atomic E-state index is 14.0. The molecule has 1 saturated carbocycles. The quantitative estimate of drug-likeness (QED) is 0.848. The number of halogens is 2. The summed E-state index contributed by atoms with van der Waals surface area (Å²) in [4.78, 5) is 12.4. The van der Waals surface area contributed by atoms with Gasteiger partial charge < -0.3 is 5.32 Å². The molecule has 3 rings (SSSR count). The van der Waals surface area contributed by atoms with Gasteiger partial charge in [0.25, 0.3) is 0 Å². The van der Waals surface area contributed by atoms with Gasteiger partial charge >= 0.3 is 6.03 Å². The average molecular weight is 348 g/mol. The van der Waals surface area contributed by atoms with Gasteiger partial charge in [-0.2, -0.15) is 5.10 Å². The Bertz CT molecular complexity index is 798. The fourth-order valence-corrected chi connectivity index (χ4v) is 2.93. The Labute approximate surface area is 145 Å². The maximum absolute atomic E-state index is 14.0. The van der Waals surface area contributed by atoms with Crippen molar-refractivity contribution in [1.29, 1.82) is 0 Å². The van der Waals surface area contributed by atoms with Crippen LogP contribution < -0.4 is 10.6 Å². The van der Waals surface area contributed by atoms with Crippen LogP contribution in [0.3, 0.4) is 0 Å². The standard InChI is InChI=1S/C18H22F2N4O/c1-4-12(3)24-16(9-11(2)23-24)21-17(25)22-18(7-8-18)14-10-13(19)5-6-15(14)20/h5-6,9-10,12H,4,7-8H2,1-3H3,(H2,21,22,25)/t12-/m0/s1. The molecule has 1 heterocycles. The van der Waals surface area contributed by atoms with E-state index in [9.17, 15) is 13.6 Å². The van der Waals surface area contributed by atoms with E-state index in [1.165, 1.54) is 0 Å². The normalized spacial score (nSPS) is 16.4. The van der Waals surface area contributed by atoms with Crippen LogP contribution in [0.15, 0.2) is 24.3 Å². The zero-order valence-electron chi connectivity index (χ0n) is 14.6. The van der Waals surface area contributed by atoms with Crippen LogP contribution in [0.1, 0.15) is 50.4 Å². The summed E-state index contributed by atoms with van der Waals surface area (Å²) in [6.45, 7) is 5.91. The zero-order chi connectivity index (χ0) is 18.2. The van der Waals surface area contributed by atoms with Crippen LogP contribution in [0, 0.1) is 18.6 Å². The summed E-state index contributed by atoms with van der Waals surface area (Å²) in [6.07, 6.45) is 2.02. The van der Waals surface area contributed by atoms with Crippen LogP contribution in [0.5, 0.6) is 0 Å². The molecule has 1 aromatic heterocycles. The summed E-state index contributed by atoms with van der Waals surface area (Å²) in [5.74, 6) is -0.449. The number of carbonyl (C=O) groups excluding carboxylic acids is 1. The summed E-state index contributed by atoms with van der Waals surface area (Å²) < 4.78 is 29.3. The fourth-order valence-electron chi connectivity index (χ4n) is 2.93. The average Bonchev–Trinajstić information content (AvgIpc) is 3.24. The monoisotopic (exact) mass is 348 g/mol. The number of aryl methyl sites for hydroxylation is 1. The molecule has 1 aliphatic rings. The topological polar surface area (TPSA) is 59.0 Å². The lowest BCUT2D eigenvalue weighted by atomic mass is 10.0. The first-order chi connectivity index (χ1) is 11.8. The minimum Gasteiger partial charge on any atom is -0.328 e. The van der Waals surface area contributed by atoms with E-state index in [0.29, 0.717) is 18.7 Å². The number of carbonyl (C=O) groups is 1. The number of nitrogens with zero attached hydrogens (tertiary/aromatic N) is 2. The lowest BCUT2D eigenvalue weighted by molar-refractivity contribution is 0.246. The van der Waals surface area contributed by atoms with E-state index >= 15 is 0 Å². The molecule has 5 nitrogen and oxygen atoms in total. The fraction of sp³-hybridized carbons (Fsp3) is 0.444. The Morgan fingerprint density at radius 2 is 2.08 bits per heavy atom. The number of anilines is 1. The predicted octanol–water partition coefficient (Wildman–Crippen LogP) is 4.25. The first kappa shape index (κ1) is 17.4. The third kappa shape index (κ3) is 3.50. The van der Waals surface area contributed by atoms with Crippen LogP contribution >= 0.6 is 0 Å². The van der Waals surface area contributed by atoms with Gasteiger partial charge in [0, 0.05) is 11.6 Å². The van der Waals surface area contributed by atoms with E-state index in [1.54, 1.807) is 10.7 Å². The smallest absolute Gasteiger partial charge is 0.321 e. The lowest BCUT2D eigenvalue weighted by Crippen LogP contribution is -2.39. The molecular formula is C18H22F2N4O. The molecule has 2 N–H and O–H groups in total. The van der Waals surface area contributed by atoms with Gasteiger partial charge in [0.2, 0.25) is 0 Å². The molecule has 0 bridgehead atoms. The van der Waals surface area contributed by atoms with Crippen molar-refractivity contribution in [3.8, 4) is 0 Å². The molecule has 7 heteroatoms. The van der Waals surface area contributed by atoms with Gasteiger partial charge in [0.05, 0.1) is 17.3 Å². The molecule has 0 unspecified atom stereocenters. The van der Waals surface area contributed by atoms with E-state index < -0.39 is 23.2 Å². The van der Waals surface area contributed by atoms with Crippen LogP contribution in [0.2, 0.25) is 0 Å². The Balaban J connectivity index is 1.76. The maximum Gasteiger partial charge on any atom is 0.321 e. The summed E-state index contributed by atoms with van der Waals surface area (Å²) in [5, 5.41) is 9.97. The second-order valence-electron chi connectivity index (χ2n) is 6.66. The summed E-state index contributed by atoms with van der Waals surface area (Å²) in [6, 6.07) is 4.78. The van der Waals surface area contributed by atoms with E-state index in [4.69, 9.17) is 0 Å². The highest BCUT2D eigenvalue weighted by molar-refractivity contribution is 5.89. The summed E-state index contributed by atoms with van der Waals surface area (Å²) in [5.41, 5.74) is 0.147. The molecule has 1 aliphatic carbocycles. The molecule has 0 aliphatic heterocycles. The number of nitrogens with one attached hydrogen (secondary N) is 2. The zero-order valence-corrected chi connectivity index (χ0v) is 14.6. The molecule has 2 aromatic rings. The molecule has 0 radical (unpaired) electrons. The van der Waals surface area contributed by atoms with Gasteiger partial charge in [-0.25, -0.2) is 18.3 Å². The molecule has 0 saturated heterocycles. The van der Waals surface area contributed by atoms with Gasteiger partial charge in [-0.3, -0.25) is 5.32 Å². The summed E-state index contributed by atoms with van der Waals surface area (Å²) >= 11 is 0. The second kappa shape index (κ2) is 6.46. The molecular weight excluding hydrogens is 326 g/mol. The van der Waals surface area contributed by atoms with Crippen LogP contribution in [-0.4, -0.2) is 15.8 Å². The van der Waals surface area contributed by atoms with Crippen molar-refractivity contribution >= 4 is 11.8 Å². The highest BCUT2D eigenvalue weighted by Crippen LogP contribution is 2.46. The third-order valence-corrected chi connectivity index (χ3v) is 4.65. The Kier molecular flexibility index (Phi) is 4.49. The minimum atomic E-state index is -0.841. The molecule has 134 valence electrons. The Hall–Kier alpha value is -2.44. The van der Waals surface area contributed by atoms with Crippen molar-refractivity contribution in [3.63, 3.8) is 0 Å². The largest absolute Gasteiger partial charge is 0.328 e. The minimum absolute atomic E-state index is 0.138. The van der Waals surface area contributed by atoms with Gasteiger partial charge in [-0.1, -0.05) is 6.92 Å². The third-order valence-electron chi connectivity index (χ3n) is 4.65. The Morgan fingerprint density at radius 3 is 2.72 bits per heavy atom. The van der Waals surface area contributed by atoms with Crippen molar-refractivity contribution in [1.82, 2.24) is 15.1 Å². The lowest BCUT2D eigenvalue weighted by Gasteiger charge is -2.20. The van der Waals surface area contributed by atoms with Crippen molar-refractivity contribution in [2.24, 2.45) is 0 Å².